The van der Waals surface area contributed by atoms with Gasteiger partial charge in [-0.1, -0.05) is 150 Å². The molecule has 0 spiro atoms. The highest BCUT2D eigenvalue weighted by molar-refractivity contribution is 9.10. The summed E-state index contributed by atoms with van der Waals surface area (Å²) in [6.45, 7) is 4.60. The molecule has 1 nitrogen and oxygen atoms in total. The van der Waals surface area contributed by atoms with Crippen molar-refractivity contribution in [3.05, 3.63) is 52.0 Å². The summed E-state index contributed by atoms with van der Waals surface area (Å²) in [6.07, 6.45) is 24.3. The average Bonchev–Trinajstić information content (AvgIpc) is 3.21. The smallest absolute Gasteiger partial charge is 0.196 e. The van der Waals surface area contributed by atoms with Crippen LogP contribution in [0.25, 0.3) is 11.1 Å². The van der Waals surface area contributed by atoms with E-state index in [1.165, 1.54) is 148 Å². The maximum absolute atomic E-state index is 13.2. The average molecular weight is 612 g/mol. The van der Waals surface area contributed by atoms with Gasteiger partial charge in [0.05, 0.1) is 0 Å². The van der Waals surface area contributed by atoms with Gasteiger partial charge in [-0.15, -0.1) is 0 Å². The predicted molar refractivity (Wildman–Crippen MR) is 174 cm³/mol. The van der Waals surface area contributed by atoms with Crippen LogP contribution in [0.5, 0.6) is 0 Å². The fourth-order valence-corrected chi connectivity index (χ4v) is 8.43. The Bertz CT molecular complexity index is 1040. The number of fused-ring (bicyclic) bond motifs is 3. The van der Waals surface area contributed by atoms with Crippen molar-refractivity contribution in [2.45, 2.75) is 146 Å². The molecular formula is C36H51BrOS. The van der Waals surface area contributed by atoms with E-state index in [0.717, 1.165) is 17.7 Å². The predicted octanol–water partition coefficient (Wildman–Crippen LogP) is 12.4. The maximum atomic E-state index is 13.2. The van der Waals surface area contributed by atoms with Crippen molar-refractivity contribution < 1.29 is 4.79 Å². The minimum absolute atomic E-state index is 0.0639. The first-order valence-corrected chi connectivity index (χ1v) is 17.9. The fourth-order valence-electron chi connectivity index (χ4n) is 7.13. The van der Waals surface area contributed by atoms with Gasteiger partial charge in [-0.2, -0.15) is 0 Å². The molecule has 0 unspecified atom stereocenters. The molecule has 0 aliphatic heterocycles. The van der Waals surface area contributed by atoms with Gasteiger partial charge in [0.25, 0.3) is 0 Å². The van der Waals surface area contributed by atoms with Gasteiger partial charge < -0.3 is 0 Å². The van der Waals surface area contributed by atoms with Gasteiger partial charge in [-0.25, -0.2) is 0 Å². The fraction of sp³-hybridized carbons (Fsp3) is 0.639. The topological polar surface area (TPSA) is 17.1 Å². The quantitative estimate of drug-likeness (QED) is 0.139. The first-order chi connectivity index (χ1) is 19.1. The van der Waals surface area contributed by atoms with Gasteiger partial charge in [0, 0.05) is 20.7 Å². The third-order valence-electron chi connectivity index (χ3n) is 9.37. The monoisotopic (exact) mass is 610 g/mol. The number of rotatable bonds is 16. The molecule has 2 aliphatic rings. The summed E-state index contributed by atoms with van der Waals surface area (Å²) in [5.41, 5.74) is 5.91. The number of unbranched alkanes of at least 4 members (excludes halogenated alkanes) is 10. The first kappa shape index (κ1) is 30.9. The molecule has 2 aromatic rings. The normalized spacial score (nSPS) is 16.3. The largest absolute Gasteiger partial charge is 0.287 e. The molecule has 4 rings (SSSR count). The third-order valence-corrected chi connectivity index (χ3v) is 10.9. The SMILES string of the molecule is CCCCCCCCC1(CCCCCCCC)c2cc(Br)ccc2-c2ccc(SC(=O)C3CCCCC3)cc21. The highest BCUT2D eigenvalue weighted by Gasteiger charge is 2.42. The van der Waals surface area contributed by atoms with Crippen LogP contribution in [0.4, 0.5) is 0 Å². The molecule has 214 valence electrons. The van der Waals surface area contributed by atoms with Crippen LogP contribution < -0.4 is 0 Å². The van der Waals surface area contributed by atoms with E-state index >= 15 is 0 Å². The van der Waals surface area contributed by atoms with Crippen LogP contribution in [0.1, 0.15) is 147 Å². The molecule has 0 aromatic heterocycles. The summed E-state index contributed by atoms with van der Waals surface area (Å²) in [7, 11) is 0. The summed E-state index contributed by atoms with van der Waals surface area (Å²) in [5, 5.41) is 0.394. The van der Waals surface area contributed by atoms with E-state index in [4.69, 9.17) is 0 Å². The molecule has 0 N–H and O–H groups in total. The summed E-state index contributed by atoms with van der Waals surface area (Å²) >= 11 is 5.35. The summed E-state index contributed by atoms with van der Waals surface area (Å²) in [4.78, 5) is 14.4. The van der Waals surface area contributed by atoms with Gasteiger partial charge in [0.1, 0.15) is 0 Å². The zero-order chi connectivity index (χ0) is 27.5. The Morgan fingerprint density at radius 2 is 1.28 bits per heavy atom. The van der Waals surface area contributed by atoms with Crippen molar-refractivity contribution in [3.63, 3.8) is 0 Å². The molecule has 0 saturated heterocycles. The van der Waals surface area contributed by atoms with Gasteiger partial charge in [-0.3, -0.25) is 4.79 Å². The molecule has 1 saturated carbocycles. The van der Waals surface area contributed by atoms with Crippen LogP contribution in [-0.4, -0.2) is 5.12 Å². The molecule has 0 atom stereocenters. The number of benzene rings is 2. The van der Waals surface area contributed by atoms with Gasteiger partial charge >= 0.3 is 0 Å². The Morgan fingerprint density at radius 1 is 0.744 bits per heavy atom. The molecular weight excluding hydrogens is 560 g/mol. The molecule has 0 bridgehead atoms. The van der Waals surface area contributed by atoms with Crippen molar-refractivity contribution in [2.75, 3.05) is 0 Å². The summed E-state index contributed by atoms with van der Waals surface area (Å²) in [5.74, 6) is 0.251. The zero-order valence-electron chi connectivity index (χ0n) is 24.7. The number of carbonyl (C=O) groups excluding carboxylic acids is 1. The highest BCUT2D eigenvalue weighted by atomic mass is 79.9. The molecule has 1 fully saturated rings. The van der Waals surface area contributed by atoms with Crippen molar-refractivity contribution in [1.29, 1.82) is 0 Å². The molecule has 2 aliphatic carbocycles. The Morgan fingerprint density at radius 3 is 1.90 bits per heavy atom. The second kappa shape index (κ2) is 15.8. The van der Waals surface area contributed by atoms with E-state index in [2.05, 4.69) is 66.2 Å². The number of thioether (sulfide) groups is 1. The first-order valence-electron chi connectivity index (χ1n) is 16.3. The van der Waals surface area contributed by atoms with Crippen LogP contribution in [0.15, 0.2) is 45.8 Å². The molecule has 0 heterocycles. The Labute approximate surface area is 251 Å². The molecule has 3 heteroatoms. The molecule has 2 aromatic carbocycles. The Balaban J connectivity index is 1.61. The van der Waals surface area contributed by atoms with E-state index < -0.39 is 0 Å². The highest BCUT2D eigenvalue weighted by Crippen LogP contribution is 2.55. The lowest BCUT2D eigenvalue weighted by Gasteiger charge is -2.33. The van der Waals surface area contributed by atoms with E-state index in [0.29, 0.717) is 5.12 Å². The number of halogens is 1. The van der Waals surface area contributed by atoms with E-state index in [9.17, 15) is 4.79 Å². The minimum Gasteiger partial charge on any atom is -0.287 e. The van der Waals surface area contributed by atoms with Crippen molar-refractivity contribution in [2.24, 2.45) is 5.92 Å². The van der Waals surface area contributed by atoms with Crippen molar-refractivity contribution in [3.8, 4) is 11.1 Å². The van der Waals surface area contributed by atoms with Gasteiger partial charge in [0.2, 0.25) is 0 Å². The van der Waals surface area contributed by atoms with Crippen LogP contribution in [-0.2, 0) is 10.2 Å². The van der Waals surface area contributed by atoms with Crippen LogP contribution >= 0.6 is 27.7 Å². The zero-order valence-corrected chi connectivity index (χ0v) is 27.1. The summed E-state index contributed by atoms with van der Waals surface area (Å²) < 4.78 is 1.19. The lowest BCUT2D eigenvalue weighted by molar-refractivity contribution is -0.115. The molecule has 39 heavy (non-hydrogen) atoms. The number of carbonyl (C=O) groups is 1. The number of hydrogen-bond acceptors (Lipinski definition) is 2. The minimum atomic E-state index is 0.0639. The van der Waals surface area contributed by atoms with E-state index in [1.54, 1.807) is 0 Å². The number of hydrogen-bond donors (Lipinski definition) is 0. The molecule has 0 radical (unpaired) electrons. The second-order valence-corrected chi connectivity index (χ2v) is 14.3. The van der Waals surface area contributed by atoms with E-state index in [-0.39, 0.29) is 11.3 Å². The van der Waals surface area contributed by atoms with E-state index in [1.807, 2.05) is 0 Å². The van der Waals surface area contributed by atoms with Gasteiger partial charge in [0.15, 0.2) is 5.12 Å². The maximum Gasteiger partial charge on any atom is 0.196 e. The van der Waals surface area contributed by atoms with Crippen molar-refractivity contribution in [1.82, 2.24) is 0 Å². The Kier molecular flexibility index (Phi) is 12.5. The standard InChI is InChI=1S/C36H51BrOS/c1-3-5-7-9-11-16-24-36(25-17-12-10-8-6-4-2)33-26-29(37)20-22-31(33)32-23-21-30(27-34(32)36)39-35(38)28-18-14-13-15-19-28/h20-23,26-28H,3-19,24-25H2,1-2H3. The van der Waals surface area contributed by atoms with Crippen LogP contribution in [0.3, 0.4) is 0 Å². The van der Waals surface area contributed by atoms with Gasteiger partial charge in [-0.05, 0) is 72.2 Å². The second-order valence-electron chi connectivity index (χ2n) is 12.3. The summed E-state index contributed by atoms with van der Waals surface area (Å²) in [6, 6.07) is 14.0. The molecule has 0 amide bonds. The lowest BCUT2D eigenvalue weighted by atomic mass is 9.70. The lowest BCUT2D eigenvalue weighted by Crippen LogP contribution is -2.25. The van der Waals surface area contributed by atoms with Crippen molar-refractivity contribution >= 4 is 32.8 Å². The third kappa shape index (κ3) is 8.03. The van der Waals surface area contributed by atoms with Crippen LogP contribution in [0.2, 0.25) is 0 Å². The Hall–Kier alpha value is -1.06. The van der Waals surface area contributed by atoms with Crippen LogP contribution in [0, 0.1) is 5.92 Å².